The van der Waals surface area contributed by atoms with E-state index in [0.29, 0.717) is 17.0 Å². The molecule has 0 saturated carbocycles. The number of halogens is 2. The van der Waals surface area contributed by atoms with Crippen molar-refractivity contribution in [1.29, 1.82) is 5.41 Å². The molecule has 0 fully saturated rings. The Morgan fingerprint density at radius 2 is 2.14 bits per heavy atom. The standard InChI is InChI=1S/C13H10BrFN6/c14-11-2-7-12(18-5-19-13(7)21-11)20-10-1-6(4-16)9(17)3-8(10)15/h1-5,16H,17H2,(H2,18,19,20,21). The molecule has 0 aliphatic rings. The highest BCUT2D eigenvalue weighted by atomic mass is 79.9. The summed E-state index contributed by atoms with van der Waals surface area (Å²) in [5.41, 5.74) is 7.10. The number of fused-ring (bicyclic) bond motifs is 1. The number of nitrogens with one attached hydrogen (secondary N) is 3. The maximum absolute atomic E-state index is 14.0. The van der Waals surface area contributed by atoms with E-state index in [9.17, 15) is 4.39 Å². The minimum absolute atomic E-state index is 0.194. The van der Waals surface area contributed by atoms with Gasteiger partial charge < -0.3 is 21.4 Å². The third-order valence-corrected chi connectivity index (χ3v) is 3.40. The maximum Gasteiger partial charge on any atom is 0.148 e. The van der Waals surface area contributed by atoms with E-state index in [4.69, 9.17) is 11.1 Å². The number of anilines is 3. The largest absolute Gasteiger partial charge is 0.398 e. The predicted molar refractivity (Wildman–Crippen MR) is 83.6 cm³/mol. The zero-order chi connectivity index (χ0) is 15.0. The lowest BCUT2D eigenvalue weighted by molar-refractivity contribution is 0.632. The molecule has 0 amide bonds. The van der Waals surface area contributed by atoms with Crippen LogP contribution in [0.2, 0.25) is 0 Å². The summed E-state index contributed by atoms with van der Waals surface area (Å²) >= 11 is 3.32. The van der Waals surface area contributed by atoms with Gasteiger partial charge in [0.1, 0.15) is 23.6 Å². The molecule has 8 heteroatoms. The Kier molecular flexibility index (Phi) is 3.30. The van der Waals surface area contributed by atoms with Crippen molar-refractivity contribution in [2.75, 3.05) is 11.1 Å². The first kappa shape index (κ1) is 13.5. The number of benzene rings is 1. The molecule has 0 bridgehead atoms. The number of aromatic amines is 1. The fourth-order valence-electron chi connectivity index (χ4n) is 1.96. The molecular weight excluding hydrogens is 339 g/mol. The molecule has 3 aromatic rings. The van der Waals surface area contributed by atoms with Crippen molar-refractivity contribution in [3.8, 4) is 0 Å². The van der Waals surface area contributed by atoms with E-state index < -0.39 is 5.82 Å². The van der Waals surface area contributed by atoms with Crippen LogP contribution in [0.1, 0.15) is 5.56 Å². The fraction of sp³-hybridized carbons (Fsp3) is 0. The number of H-pyrrole nitrogens is 1. The van der Waals surface area contributed by atoms with Crippen LogP contribution in [0.25, 0.3) is 11.0 Å². The summed E-state index contributed by atoms with van der Waals surface area (Å²) in [6.07, 6.45) is 2.45. The van der Waals surface area contributed by atoms with Crippen molar-refractivity contribution in [2.24, 2.45) is 0 Å². The molecule has 0 saturated heterocycles. The third-order valence-electron chi connectivity index (χ3n) is 2.97. The van der Waals surface area contributed by atoms with Crippen LogP contribution in [-0.2, 0) is 0 Å². The van der Waals surface area contributed by atoms with Crippen LogP contribution >= 0.6 is 15.9 Å². The molecular formula is C13H10BrFN6. The highest BCUT2D eigenvalue weighted by molar-refractivity contribution is 9.10. The van der Waals surface area contributed by atoms with E-state index >= 15 is 0 Å². The Morgan fingerprint density at radius 1 is 1.33 bits per heavy atom. The number of nitrogen functional groups attached to an aromatic ring is 1. The van der Waals surface area contributed by atoms with E-state index in [1.54, 1.807) is 6.07 Å². The van der Waals surface area contributed by atoms with Crippen LogP contribution in [0.15, 0.2) is 29.1 Å². The first-order valence-corrected chi connectivity index (χ1v) is 6.73. The molecule has 1 aromatic carbocycles. The average molecular weight is 349 g/mol. The first-order valence-electron chi connectivity index (χ1n) is 5.94. The predicted octanol–water partition coefficient (Wildman–Crippen LogP) is 3.18. The second kappa shape index (κ2) is 5.13. The Morgan fingerprint density at radius 3 is 2.90 bits per heavy atom. The summed E-state index contributed by atoms with van der Waals surface area (Å²) in [4.78, 5) is 11.2. The topological polar surface area (TPSA) is 103 Å². The summed E-state index contributed by atoms with van der Waals surface area (Å²) < 4.78 is 14.7. The summed E-state index contributed by atoms with van der Waals surface area (Å²) in [5, 5.41) is 10.9. The highest BCUT2D eigenvalue weighted by Crippen LogP contribution is 2.28. The molecule has 2 aromatic heterocycles. The smallest absolute Gasteiger partial charge is 0.148 e. The van der Waals surface area contributed by atoms with Crippen molar-refractivity contribution in [3.63, 3.8) is 0 Å². The summed E-state index contributed by atoms with van der Waals surface area (Å²) in [6.45, 7) is 0. The molecule has 0 spiro atoms. The maximum atomic E-state index is 14.0. The lowest BCUT2D eigenvalue weighted by atomic mass is 10.1. The van der Waals surface area contributed by atoms with Crippen molar-refractivity contribution >= 4 is 50.4 Å². The van der Waals surface area contributed by atoms with E-state index in [-0.39, 0.29) is 11.4 Å². The zero-order valence-electron chi connectivity index (χ0n) is 10.6. The highest BCUT2D eigenvalue weighted by Gasteiger charge is 2.11. The quantitative estimate of drug-likeness (QED) is 0.431. The van der Waals surface area contributed by atoms with Gasteiger partial charge in [0, 0.05) is 17.5 Å². The van der Waals surface area contributed by atoms with Gasteiger partial charge in [0.15, 0.2) is 0 Å². The minimum atomic E-state index is -0.514. The normalized spacial score (nSPS) is 10.8. The average Bonchev–Trinajstić information content (AvgIpc) is 2.83. The van der Waals surface area contributed by atoms with E-state index in [2.05, 4.69) is 36.2 Å². The summed E-state index contributed by atoms with van der Waals surface area (Å²) in [6, 6.07) is 4.44. The number of rotatable bonds is 3. The molecule has 5 N–H and O–H groups in total. The van der Waals surface area contributed by atoms with Gasteiger partial charge in [-0.2, -0.15) is 0 Å². The van der Waals surface area contributed by atoms with Gasteiger partial charge in [-0.25, -0.2) is 14.4 Å². The van der Waals surface area contributed by atoms with Crippen molar-refractivity contribution in [3.05, 3.63) is 40.5 Å². The lowest BCUT2D eigenvalue weighted by Gasteiger charge is -2.10. The molecule has 2 heterocycles. The fourth-order valence-corrected chi connectivity index (χ4v) is 2.38. The second-order valence-corrected chi connectivity index (χ2v) is 5.19. The van der Waals surface area contributed by atoms with Crippen molar-refractivity contribution < 1.29 is 4.39 Å². The van der Waals surface area contributed by atoms with Gasteiger partial charge in [0.05, 0.1) is 15.7 Å². The van der Waals surface area contributed by atoms with Crippen LogP contribution in [-0.4, -0.2) is 21.2 Å². The number of hydrogen-bond donors (Lipinski definition) is 4. The second-order valence-electron chi connectivity index (χ2n) is 4.33. The van der Waals surface area contributed by atoms with Gasteiger partial charge >= 0.3 is 0 Å². The number of hydrogen-bond acceptors (Lipinski definition) is 5. The van der Waals surface area contributed by atoms with Gasteiger partial charge in [-0.3, -0.25) is 0 Å². The molecule has 0 radical (unpaired) electrons. The molecule has 21 heavy (non-hydrogen) atoms. The Hall–Kier alpha value is -2.48. The Balaban J connectivity index is 2.08. The summed E-state index contributed by atoms with van der Waals surface area (Å²) in [7, 11) is 0. The Bertz CT molecular complexity index is 844. The number of nitrogens with zero attached hydrogens (tertiary/aromatic N) is 2. The van der Waals surface area contributed by atoms with Crippen LogP contribution in [0.4, 0.5) is 21.6 Å². The molecule has 0 atom stereocenters. The van der Waals surface area contributed by atoms with E-state index in [0.717, 1.165) is 16.2 Å². The van der Waals surface area contributed by atoms with Crippen LogP contribution < -0.4 is 11.1 Å². The van der Waals surface area contributed by atoms with Gasteiger partial charge in [-0.1, -0.05) is 0 Å². The van der Waals surface area contributed by atoms with Crippen LogP contribution in [0, 0.1) is 11.2 Å². The number of nitrogens with two attached hydrogens (primary N) is 1. The monoisotopic (exact) mass is 348 g/mol. The zero-order valence-corrected chi connectivity index (χ0v) is 12.2. The molecule has 0 aliphatic carbocycles. The molecule has 6 nitrogen and oxygen atoms in total. The van der Waals surface area contributed by atoms with Crippen LogP contribution in [0.5, 0.6) is 0 Å². The Labute approximate surface area is 127 Å². The third kappa shape index (κ3) is 2.45. The van der Waals surface area contributed by atoms with Gasteiger partial charge in [-0.15, -0.1) is 0 Å². The van der Waals surface area contributed by atoms with Gasteiger partial charge in [-0.05, 0) is 34.1 Å². The summed E-state index contributed by atoms with van der Waals surface area (Å²) in [5.74, 6) is -0.0546. The SMILES string of the molecule is N=Cc1cc(Nc2ncnc3[nH]c(Br)cc23)c(F)cc1N. The first-order chi connectivity index (χ1) is 10.1. The molecule has 3 rings (SSSR count). The lowest BCUT2D eigenvalue weighted by Crippen LogP contribution is -2.01. The minimum Gasteiger partial charge on any atom is -0.398 e. The molecule has 106 valence electrons. The van der Waals surface area contributed by atoms with Gasteiger partial charge in [0.2, 0.25) is 0 Å². The van der Waals surface area contributed by atoms with Gasteiger partial charge in [0.25, 0.3) is 0 Å². The van der Waals surface area contributed by atoms with E-state index in [1.165, 1.54) is 18.5 Å². The van der Waals surface area contributed by atoms with Crippen molar-refractivity contribution in [1.82, 2.24) is 15.0 Å². The van der Waals surface area contributed by atoms with Crippen LogP contribution in [0.3, 0.4) is 0 Å². The molecule has 0 unspecified atom stereocenters. The van der Waals surface area contributed by atoms with Crippen molar-refractivity contribution in [2.45, 2.75) is 0 Å². The molecule has 0 aliphatic heterocycles. The number of aromatic nitrogens is 3. The van der Waals surface area contributed by atoms with E-state index in [1.807, 2.05) is 0 Å².